The van der Waals surface area contributed by atoms with Gasteiger partial charge in [0, 0.05) is 17.8 Å². The van der Waals surface area contributed by atoms with Gasteiger partial charge in [0.05, 0.1) is 5.92 Å². The SMILES string of the molecule is CC1C=CC(=O)C2CC(=O)C3C(OOC3(C)C)C12C. The number of fused-ring (bicyclic) bond motifs is 3. The normalized spacial score (nSPS) is 48.0. The van der Waals surface area contributed by atoms with Gasteiger partial charge in [-0.15, -0.1) is 0 Å². The van der Waals surface area contributed by atoms with Gasteiger partial charge in [0.1, 0.15) is 17.5 Å². The second kappa shape index (κ2) is 3.76. The third kappa shape index (κ3) is 1.53. The fourth-order valence-corrected chi connectivity index (χ4v) is 3.96. The molecule has 0 amide bonds. The van der Waals surface area contributed by atoms with E-state index >= 15 is 0 Å². The molecular formula is C15H20O4. The predicted octanol–water partition coefficient (Wildman–Crippen LogP) is 2.08. The minimum absolute atomic E-state index is 0.0423. The van der Waals surface area contributed by atoms with E-state index in [1.54, 1.807) is 6.08 Å². The van der Waals surface area contributed by atoms with Gasteiger partial charge in [0.2, 0.25) is 0 Å². The highest BCUT2D eigenvalue weighted by atomic mass is 17.2. The lowest BCUT2D eigenvalue weighted by molar-refractivity contribution is -0.335. The molecular weight excluding hydrogens is 244 g/mol. The summed E-state index contributed by atoms with van der Waals surface area (Å²) in [6.07, 6.45) is 3.52. The molecule has 19 heavy (non-hydrogen) atoms. The fraction of sp³-hybridized carbons (Fsp3) is 0.733. The van der Waals surface area contributed by atoms with Gasteiger partial charge >= 0.3 is 0 Å². The molecule has 0 N–H and O–H groups in total. The molecule has 1 aliphatic heterocycles. The third-order valence-corrected chi connectivity index (χ3v) is 5.41. The molecule has 0 aromatic rings. The molecule has 1 saturated heterocycles. The topological polar surface area (TPSA) is 52.6 Å². The van der Waals surface area contributed by atoms with Crippen LogP contribution < -0.4 is 0 Å². The first-order valence-electron chi connectivity index (χ1n) is 6.87. The van der Waals surface area contributed by atoms with E-state index in [-0.39, 0.29) is 40.8 Å². The van der Waals surface area contributed by atoms with Crippen molar-refractivity contribution in [2.75, 3.05) is 0 Å². The standard InChI is InChI=1S/C15H20O4/c1-8-5-6-10(16)9-7-11(17)12-13(15(8,9)4)18-19-14(12,2)3/h5-6,8-9,12-13H,7H2,1-4H3. The van der Waals surface area contributed by atoms with Crippen LogP contribution in [-0.4, -0.2) is 23.3 Å². The van der Waals surface area contributed by atoms with Crippen molar-refractivity contribution in [2.24, 2.45) is 23.2 Å². The van der Waals surface area contributed by atoms with E-state index in [0.717, 1.165) is 0 Å². The molecule has 104 valence electrons. The molecule has 0 spiro atoms. The predicted molar refractivity (Wildman–Crippen MR) is 68.1 cm³/mol. The number of hydrogen-bond acceptors (Lipinski definition) is 4. The molecule has 3 rings (SSSR count). The second-order valence-electron chi connectivity index (χ2n) is 6.82. The molecule has 4 nitrogen and oxygen atoms in total. The summed E-state index contributed by atoms with van der Waals surface area (Å²) in [5, 5.41) is 0. The average molecular weight is 264 g/mol. The Morgan fingerprint density at radius 2 is 1.95 bits per heavy atom. The minimum Gasteiger partial charge on any atom is -0.299 e. The van der Waals surface area contributed by atoms with Crippen molar-refractivity contribution in [3.8, 4) is 0 Å². The van der Waals surface area contributed by atoms with Gasteiger partial charge < -0.3 is 0 Å². The first-order chi connectivity index (χ1) is 8.78. The van der Waals surface area contributed by atoms with Crippen molar-refractivity contribution in [3.63, 3.8) is 0 Å². The zero-order valence-corrected chi connectivity index (χ0v) is 11.8. The maximum atomic E-state index is 12.4. The molecule has 2 aliphatic carbocycles. The highest BCUT2D eigenvalue weighted by molar-refractivity contribution is 5.98. The zero-order valence-electron chi connectivity index (χ0n) is 11.8. The first-order valence-corrected chi connectivity index (χ1v) is 6.87. The van der Waals surface area contributed by atoms with E-state index < -0.39 is 5.60 Å². The molecule has 1 saturated carbocycles. The summed E-state index contributed by atoms with van der Waals surface area (Å²) in [7, 11) is 0. The minimum atomic E-state index is -0.611. The van der Waals surface area contributed by atoms with Crippen LogP contribution in [0.25, 0.3) is 0 Å². The van der Waals surface area contributed by atoms with Crippen molar-refractivity contribution in [1.82, 2.24) is 0 Å². The van der Waals surface area contributed by atoms with Crippen molar-refractivity contribution in [2.45, 2.75) is 45.8 Å². The van der Waals surface area contributed by atoms with Crippen LogP contribution in [0.2, 0.25) is 0 Å². The van der Waals surface area contributed by atoms with Crippen LogP contribution in [0.5, 0.6) is 0 Å². The number of allylic oxidation sites excluding steroid dienone is 2. The summed E-state index contributed by atoms with van der Waals surface area (Å²) in [5.41, 5.74) is -0.974. The van der Waals surface area contributed by atoms with Gasteiger partial charge in [-0.2, -0.15) is 0 Å². The smallest absolute Gasteiger partial charge is 0.159 e. The Kier molecular flexibility index (Phi) is 2.58. The van der Waals surface area contributed by atoms with Gasteiger partial charge in [-0.3, -0.25) is 9.59 Å². The molecule has 5 atom stereocenters. The maximum absolute atomic E-state index is 12.4. The molecule has 0 aromatic heterocycles. The lowest BCUT2D eigenvalue weighted by Gasteiger charge is -2.50. The number of hydrogen-bond donors (Lipinski definition) is 0. The van der Waals surface area contributed by atoms with E-state index in [1.807, 2.05) is 19.9 Å². The molecule has 4 heteroatoms. The van der Waals surface area contributed by atoms with Gasteiger partial charge in [0.15, 0.2) is 5.78 Å². The highest BCUT2D eigenvalue weighted by Gasteiger charge is 2.65. The molecule has 0 bridgehead atoms. The number of carbonyl (C=O) groups excluding carboxylic acids is 2. The largest absolute Gasteiger partial charge is 0.299 e. The van der Waals surface area contributed by atoms with Crippen LogP contribution >= 0.6 is 0 Å². The molecule has 0 radical (unpaired) electrons. The Hall–Kier alpha value is -1.00. The van der Waals surface area contributed by atoms with Crippen LogP contribution in [0, 0.1) is 23.2 Å². The van der Waals surface area contributed by atoms with E-state index in [4.69, 9.17) is 9.78 Å². The Balaban J connectivity index is 2.09. The molecule has 5 unspecified atom stereocenters. The summed E-state index contributed by atoms with van der Waals surface area (Å²) in [6, 6.07) is 0. The molecule has 0 aromatic carbocycles. The average Bonchev–Trinajstić information content (AvgIpc) is 2.66. The summed E-state index contributed by atoms with van der Waals surface area (Å²) in [5.74, 6) is -0.242. The lowest BCUT2D eigenvalue weighted by atomic mass is 9.52. The number of rotatable bonds is 0. The van der Waals surface area contributed by atoms with Gasteiger partial charge in [0.25, 0.3) is 0 Å². The second-order valence-corrected chi connectivity index (χ2v) is 6.82. The Labute approximate surface area is 113 Å². The van der Waals surface area contributed by atoms with Crippen molar-refractivity contribution < 1.29 is 19.4 Å². The lowest BCUT2D eigenvalue weighted by Crippen LogP contribution is -2.58. The van der Waals surface area contributed by atoms with Gasteiger partial charge in [-0.25, -0.2) is 9.78 Å². The van der Waals surface area contributed by atoms with Crippen molar-refractivity contribution in [3.05, 3.63) is 12.2 Å². The van der Waals surface area contributed by atoms with Crippen molar-refractivity contribution >= 4 is 11.6 Å². The van der Waals surface area contributed by atoms with E-state index in [0.29, 0.717) is 6.42 Å². The van der Waals surface area contributed by atoms with Crippen LogP contribution in [0.1, 0.15) is 34.1 Å². The van der Waals surface area contributed by atoms with Crippen LogP contribution in [-0.2, 0) is 19.4 Å². The monoisotopic (exact) mass is 264 g/mol. The number of ketones is 2. The fourth-order valence-electron chi connectivity index (χ4n) is 3.96. The summed E-state index contributed by atoms with van der Waals surface area (Å²) < 4.78 is 0. The number of Topliss-reactive ketones (excluding diaryl/α,β-unsaturated/α-hetero) is 1. The van der Waals surface area contributed by atoms with E-state index in [1.165, 1.54) is 0 Å². The number of carbonyl (C=O) groups is 2. The van der Waals surface area contributed by atoms with Gasteiger partial charge in [-0.1, -0.05) is 19.9 Å². The Morgan fingerprint density at radius 1 is 1.26 bits per heavy atom. The Morgan fingerprint density at radius 3 is 2.63 bits per heavy atom. The zero-order chi connectivity index (χ0) is 14.0. The van der Waals surface area contributed by atoms with E-state index in [2.05, 4.69) is 13.8 Å². The highest BCUT2D eigenvalue weighted by Crippen LogP contribution is 2.56. The summed E-state index contributed by atoms with van der Waals surface area (Å²) in [4.78, 5) is 35.5. The molecule has 2 fully saturated rings. The first kappa shape index (κ1) is 13.0. The van der Waals surface area contributed by atoms with Crippen LogP contribution in [0.15, 0.2) is 12.2 Å². The summed E-state index contributed by atoms with van der Waals surface area (Å²) >= 11 is 0. The third-order valence-electron chi connectivity index (χ3n) is 5.41. The molecule has 1 heterocycles. The van der Waals surface area contributed by atoms with Crippen LogP contribution in [0.4, 0.5) is 0 Å². The Bertz CT molecular complexity index is 479. The van der Waals surface area contributed by atoms with Crippen LogP contribution in [0.3, 0.4) is 0 Å². The van der Waals surface area contributed by atoms with Gasteiger partial charge in [-0.05, 0) is 25.8 Å². The maximum Gasteiger partial charge on any atom is 0.159 e. The van der Waals surface area contributed by atoms with E-state index in [9.17, 15) is 9.59 Å². The summed E-state index contributed by atoms with van der Waals surface area (Å²) in [6.45, 7) is 7.89. The molecule has 3 aliphatic rings. The van der Waals surface area contributed by atoms with Crippen molar-refractivity contribution in [1.29, 1.82) is 0 Å². The quantitative estimate of drug-likeness (QED) is 0.629.